The van der Waals surface area contributed by atoms with E-state index in [0.29, 0.717) is 10.9 Å². The van der Waals surface area contributed by atoms with Gasteiger partial charge in [-0.25, -0.2) is 9.97 Å². The van der Waals surface area contributed by atoms with Gasteiger partial charge in [0.15, 0.2) is 0 Å². The number of pyridine rings is 1. The Morgan fingerprint density at radius 2 is 2.12 bits per heavy atom. The summed E-state index contributed by atoms with van der Waals surface area (Å²) in [6, 6.07) is 3.32. The average Bonchev–Trinajstić information content (AvgIpc) is 2.65. The molecule has 26 heavy (non-hydrogen) atoms. The van der Waals surface area contributed by atoms with Crippen molar-refractivity contribution in [3.8, 4) is 5.75 Å². The van der Waals surface area contributed by atoms with Crippen LogP contribution in [0.2, 0.25) is 5.15 Å². The summed E-state index contributed by atoms with van der Waals surface area (Å²) in [6.45, 7) is 5.59. The minimum Gasteiger partial charge on any atom is -0.490 e. The lowest BCUT2D eigenvalue weighted by atomic mass is 10.1. The van der Waals surface area contributed by atoms with Gasteiger partial charge in [-0.1, -0.05) is 18.5 Å². The molecule has 1 amide bonds. The molecule has 0 radical (unpaired) electrons. The average molecular weight is 376 g/mol. The standard InChI is InChI=1S/C18H22ClN5O2/c1-3-15-22-16(19)11(2)18(23-15)24-8-5-12(6-9-24)26-13-4-7-21-14(10-13)17(20)25/h4,7,10,12H,3,5-6,8-9H2,1-2H3,(H2,20,25). The van der Waals surface area contributed by atoms with E-state index in [1.807, 2.05) is 13.8 Å². The lowest BCUT2D eigenvalue weighted by Gasteiger charge is -2.34. The quantitative estimate of drug-likeness (QED) is 0.807. The van der Waals surface area contributed by atoms with Gasteiger partial charge in [-0.3, -0.25) is 9.78 Å². The number of halogens is 1. The number of rotatable bonds is 5. The van der Waals surface area contributed by atoms with Crippen molar-refractivity contribution in [2.24, 2.45) is 5.73 Å². The van der Waals surface area contributed by atoms with Crippen LogP contribution < -0.4 is 15.4 Å². The van der Waals surface area contributed by atoms with Crippen LogP contribution in [0.1, 0.15) is 41.6 Å². The fourth-order valence-electron chi connectivity index (χ4n) is 2.98. The van der Waals surface area contributed by atoms with Crippen LogP contribution in [0.25, 0.3) is 0 Å². The van der Waals surface area contributed by atoms with Crippen molar-refractivity contribution in [2.45, 2.75) is 39.2 Å². The largest absolute Gasteiger partial charge is 0.490 e. The second-order valence-electron chi connectivity index (χ2n) is 6.28. The third-order valence-electron chi connectivity index (χ3n) is 4.45. The minimum absolute atomic E-state index is 0.0673. The van der Waals surface area contributed by atoms with Crippen molar-refractivity contribution >= 4 is 23.3 Å². The first-order valence-electron chi connectivity index (χ1n) is 8.68. The van der Waals surface area contributed by atoms with E-state index in [0.717, 1.165) is 49.6 Å². The summed E-state index contributed by atoms with van der Waals surface area (Å²) in [5.41, 5.74) is 6.37. The van der Waals surface area contributed by atoms with Gasteiger partial charge < -0.3 is 15.4 Å². The van der Waals surface area contributed by atoms with Gasteiger partial charge in [0, 0.05) is 50.2 Å². The molecular weight excluding hydrogens is 354 g/mol. The maximum atomic E-state index is 11.2. The van der Waals surface area contributed by atoms with Crippen LogP contribution in [0.5, 0.6) is 5.75 Å². The van der Waals surface area contributed by atoms with E-state index in [9.17, 15) is 4.79 Å². The number of piperidine rings is 1. The van der Waals surface area contributed by atoms with Crippen LogP contribution in [0.4, 0.5) is 5.82 Å². The SMILES string of the molecule is CCc1nc(Cl)c(C)c(N2CCC(Oc3ccnc(C(N)=O)c3)CC2)n1. The van der Waals surface area contributed by atoms with Crippen molar-refractivity contribution in [3.63, 3.8) is 0 Å². The van der Waals surface area contributed by atoms with Gasteiger partial charge in [0.25, 0.3) is 5.91 Å². The van der Waals surface area contributed by atoms with E-state index >= 15 is 0 Å². The Bertz CT molecular complexity index is 806. The number of nitrogens with two attached hydrogens (primary N) is 1. The van der Waals surface area contributed by atoms with Crippen LogP contribution in [0.3, 0.4) is 0 Å². The molecule has 3 heterocycles. The van der Waals surface area contributed by atoms with Crippen LogP contribution in [0.15, 0.2) is 18.3 Å². The molecule has 1 aliphatic heterocycles. The third-order valence-corrected chi connectivity index (χ3v) is 4.82. The van der Waals surface area contributed by atoms with Gasteiger partial charge in [-0.05, 0) is 13.0 Å². The summed E-state index contributed by atoms with van der Waals surface area (Å²) in [7, 11) is 0. The zero-order chi connectivity index (χ0) is 18.7. The topological polar surface area (TPSA) is 94.2 Å². The number of nitrogens with zero attached hydrogens (tertiary/aromatic N) is 4. The van der Waals surface area contributed by atoms with E-state index in [1.165, 1.54) is 6.20 Å². The highest BCUT2D eigenvalue weighted by atomic mass is 35.5. The second kappa shape index (κ2) is 7.86. The fourth-order valence-corrected chi connectivity index (χ4v) is 3.17. The number of aromatic nitrogens is 3. The fraction of sp³-hybridized carbons (Fsp3) is 0.444. The highest BCUT2D eigenvalue weighted by molar-refractivity contribution is 6.30. The third kappa shape index (κ3) is 4.04. The summed E-state index contributed by atoms with van der Waals surface area (Å²) >= 11 is 6.25. The predicted octanol–water partition coefficient (Wildman–Crippen LogP) is 2.54. The highest BCUT2D eigenvalue weighted by Crippen LogP contribution is 2.27. The lowest BCUT2D eigenvalue weighted by Crippen LogP contribution is -2.39. The molecule has 0 aromatic carbocycles. The maximum Gasteiger partial charge on any atom is 0.267 e. The predicted molar refractivity (Wildman–Crippen MR) is 99.8 cm³/mol. The number of carbonyl (C=O) groups excluding carboxylic acids is 1. The molecular formula is C18H22ClN5O2. The van der Waals surface area contributed by atoms with Crippen molar-refractivity contribution < 1.29 is 9.53 Å². The Kier molecular flexibility index (Phi) is 5.56. The van der Waals surface area contributed by atoms with E-state index in [4.69, 9.17) is 22.1 Å². The summed E-state index contributed by atoms with van der Waals surface area (Å²) in [4.78, 5) is 26.3. The molecule has 2 N–H and O–H groups in total. The Morgan fingerprint density at radius 1 is 1.38 bits per heavy atom. The van der Waals surface area contributed by atoms with Crippen molar-refractivity contribution in [1.82, 2.24) is 15.0 Å². The number of anilines is 1. The molecule has 1 aliphatic rings. The normalized spacial score (nSPS) is 15.1. The summed E-state index contributed by atoms with van der Waals surface area (Å²) in [5, 5.41) is 0.515. The Morgan fingerprint density at radius 3 is 2.77 bits per heavy atom. The summed E-state index contributed by atoms with van der Waals surface area (Å²) < 4.78 is 6.00. The van der Waals surface area contributed by atoms with Gasteiger partial charge in [0.05, 0.1) is 0 Å². The van der Waals surface area contributed by atoms with Crippen LogP contribution in [-0.2, 0) is 6.42 Å². The Labute approximate surface area is 157 Å². The second-order valence-corrected chi connectivity index (χ2v) is 6.64. The number of primary amides is 1. The molecule has 0 aliphatic carbocycles. The molecule has 0 spiro atoms. The molecule has 0 bridgehead atoms. The molecule has 0 atom stereocenters. The molecule has 138 valence electrons. The first kappa shape index (κ1) is 18.4. The van der Waals surface area contributed by atoms with Crippen molar-refractivity contribution in [2.75, 3.05) is 18.0 Å². The highest BCUT2D eigenvalue weighted by Gasteiger charge is 2.24. The molecule has 1 fully saturated rings. The minimum atomic E-state index is -0.562. The zero-order valence-electron chi connectivity index (χ0n) is 14.9. The number of ether oxygens (including phenoxy) is 1. The first-order chi connectivity index (χ1) is 12.5. The lowest BCUT2D eigenvalue weighted by molar-refractivity contribution is 0.0994. The van der Waals surface area contributed by atoms with E-state index in [1.54, 1.807) is 12.1 Å². The van der Waals surface area contributed by atoms with Crippen LogP contribution >= 0.6 is 11.6 Å². The van der Waals surface area contributed by atoms with Crippen molar-refractivity contribution in [1.29, 1.82) is 0 Å². The number of aryl methyl sites for hydroxylation is 1. The molecule has 2 aromatic rings. The molecule has 7 nitrogen and oxygen atoms in total. The van der Waals surface area contributed by atoms with E-state index in [2.05, 4.69) is 19.9 Å². The summed E-state index contributed by atoms with van der Waals surface area (Å²) in [6.07, 6.45) is 4.03. The van der Waals surface area contributed by atoms with E-state index < -0.39 is 5.91 Å². The molecule has 0 saturated carbocycles. The number of hydrogen-bond donors (Lipinski definition) is 1. The van der Waals surface area contributed by atoms with Gasteiger partial charge in [0.1, 0.15) is 34.3 Å². The number of amides is 1. The van der Waals surface area contributed by atoms with Gasteiger partial charge in [-0.15, -0.1) is 0 Å². The maximum absolute atomic E-state index is 11.2. The van der Waals surface area contributed by atoms with Gasteiger partial charge >= 0.3 is 0 Å². The molecule has 0 unspecified atom stereocenters. The molecule has 2 aromatic heterocycles. The van der Waals surface area contributed by atoms with E-state index in [-0.39, 0.29) is 11.8 Å². The zero-order valence-corrected chi connectivity index (χ0v) is 15.7. The Hall–Kier alpha value is -2.41. The van der Waals surface area contributed by atoms with Crippen molar-refractivity contribution in [3.05, 3.63) is 40.6 Å². The molecule has 8 heteroatoms. The Balaban J connectivity index is 1.65. The summed E-state index contributed by atoms with van der Waals surface area (Å²) in [5.74, 6) is 1.71. The van der Waals surface area contributed by atoms with Crippen LogP contribution in [0, 0.1) is 6.92 Å². The number of carbonyl (C=O) groups is 1. The van der Waals surface area contributed by atoms with Gasteiger partial charge in [-0.2, -0.15) is 0 Å². The first-order valence-corrected chi connectivity index (χ1v) is 9.06. The van der Waals surface area contributed by atoms with Crippen LogP contribution in [-0.4, -0.2) is 40.1 Å². The molecule has 1 saturated heterocycles. The van der Waals surface area contributed by atoms with Gasteiger partial charge in [0.2, 0.25) is 0 Å². The number of hydrogen-bond acceptors (Lipinski definition) is 6. The smallest absolute Gasteiger partial charge is 0.267 e. The molecule has 3 rings (SSSR count). The monoisotopic (exact) mass is 375 g/mol.